The molecule has 4 aliphatic rings. The number of amides is 1. The van der Waals surface area contributed by atoms with Gasteiger partial charge in [-0.15, -0.1) is 0 Å². The Morgan fingerprint density at radius 3 is 2.26 bits per heavy atom. The predicted molar refractivity (Wildman–Crippen MR) is 274 cm³/mol. The summed E-state index contributed by atoms with van der Waals surface area (Å²) in [5, 5.41) is 23.5. The third kappa shape index (κ3) is 16.9. The first kappa shape index (κ1) is 61.4. The summed E-state index contributed by atoms with van der Waals surface area (Å²) >= 11 is 0. The van der Waals surface area contributed by atoms with E-state index in [9.17, 15) is 38.8 Å². The molecule has 2 saturated heterocycles. The number of methoxy groups -OCH3 is 3. The summed E-state index contributed by atoms with van der Waals surface area (Å²) in [7, 11) is 1.20. The lowest BCUT2D eigenvalue weighted by Gasteiger charge is -2.42. The fourth-order valence-electron chi connectivity index (χ4n) is 10.8. The number of aliphatic hydroxyl groups excluding tert-OH is 1. The van der Waals surface area contributed by atoms with E-state index in [2.05, 4.69) is 0 Å². The Morgan fingerprint density at radius 2 is 1.60 bits per heavy atom. The van der Waals surface area contributed by atoms with Crippen molar-refractivity contribution >= 4 is 36.8 Å². The molecule has 1 aliphatic carbocycles. The van der Waals surface area contributed by atoms with E-state index in [1.165, 1.54) is 18.7 Å². The monoisotopic (exact) mass is 1030 g/mol. The highest BCUT2D eigenvalue weighted by Crippen LogP contribution is 2.49. The number of Topliss-reactive ketones (excluding diaryl/α,β-unsaturated/α-hetero) is 3. The van der Waals surface area contributed by atoms with Crippen molar-refractivity contribution < 1.29 is 71.5 Å². The summed E-state index contributed by atoms with van der Waals surface area (Å²) in [6.07, 6.45) is 11.5. The van der Waals surface area contributed by atoms with Gasteiger partial charge in [-0.1, -0.05) is 78.0 Å². The van der Waals surface area contributed by atoms with E-state index >= 15 is 0 Å². The summed E-state index contributed by atoms with van der Waals surface area (Å²) in [6.45, 7) is 16.4. The molecule has 1 amide bonds. The zero-order valence-electron chi connectivity index (χ0n) is 45.2. The average molecular weight is 1030 g/mol. The third-order valence-electron chi connectivity index (χ3n) is 15.3. The smallest absolute Gasteiger partial charge is 0.329 e. The lowest BCUT2D eigenvalue weighted by atomic mass is 9.78. The van der Waals surface area contributed by atoms with E-state index in [1.54, 1.807) is 41.1 Å². The van der Waals surface area contributed by atoms with Gasteiger partial charge in [-0.2, -0.15) is 0 Å². The number of rotatable bonds is 11. The molecule has 17 heteroatoms. The van der Waals surface area contributed by atoms with Crippen LogP contribution in [-0.2, 0) is 61.3 Å². The topological polar surface area (TPSA) is 211 Å². The van der Waals surface area contributed by atoms with E-state index in [4.69, 9.17) is 32.7 Å². The minimum atomic E-state index is -3.33. The molecule has 0 aromatic rings. The molecule has 72 heavy (non-hydrogen) atoms. The number of piperidine rings is 1. The zero-order chi connectivity index (χ0) is 53.5. The van der Waals surface area contributed by atoms with Crippen LogP contribution in [-0.4, -0.2) is 140 Å². The molecule has 1 saturated carbocycles. The Hall–Kier alpha value is -3.18. The second-order valence-corrected chi connectivity index (χ2v) is 23.3. The molecule has 4 unspecified atom stereocenters. The van der Waals surface area contributed by atoms with Crippen molar-refractivity contribution in [2.45, 2.75) is 193 Å². The van der Waals surface area contributed by atoms with Crippen LogP contribution in [0.2, 0.25) is 0 Å². The number of hydrogen-bond acceptors (Lipinski definition) is 15. The van der Waals surface area contributed by atoms with Gasteiger partial charge in [-0.05, 0) is 113 Å². The lowest BCUT2D eigenvalue weighted by molar-refractivity contribution is -0.265. The normalized spacial score (nSPS) is 36.2. The number of ketones is 3. The largest absolute Gasteiger partial charge is 0.460 e. The van der Waals surface area contributed by atoms with Crippen LogP contribution in [0.15, 0.2) is 47.6 Å². The Bertz CT molecular complexity index is 2000. The van der Waals surface area contributed by atoms with Crippen LogP contribution in [0.3, 0.4) is 0 Å². The number of allylic oxidation sites excluding steroid dienone is 6. The highest BCUT2D eigenvalue weighted by molar-refractivity contribution is 7.53. The predicted octanol–water partition coefficient (Wildman–Crippen LogP) is 8.45. The van der Waals surface area contributed by atoms with Crippen LogP contribution in [0.4, 0.5) is 0 Å². The van der Waals surface area contributed by atoms with E-state index in [-0.39, 0.29) is 42.8 Å². The highest BCUT2D eigenvalue weighted by Gasteiger charge is 2.53. The summed E-state index contributed by atoms with van der Waals surface area (Å²) in [4.78, 5) is 72.5. The maximum absolute atomic E-state index is 14.5. The van der Waals surface area contributed by atoms with Gasteiger partial charge >= 0.3 is 13.6 Å². The number of hydrogen-bond donors (Lipinski definition) is 2. The average Bonchev–Trinajstić information content (AvgIpc) is 3.35. The number of nitrogens with zero attached hydrogens (tertiary/aromatic N) is 1. The second kappa shape index (κ2) is 28.6. The molecule has 3 aliphatic heterocycles. The van der Waals surface area contributed by atoms with Gasteiger partial charge < -0.3 is 47.8 Å². The number of carbonyl (C=O) groups excluding carboxylic acids is 5. The van der Waals surface area contributed by atoms with Crippen molar-refractivity contribution in [3.8, 4) is 0 Å². The van der Waals surface area contributed by atoms with Gasteiger partial charge in [-0.3, -0.25) is 23.7 Å². The van der Waals surface area contributed by atoms with Crippen LogP contribution in [0.25, 0.3) is 0 Å². The molecule has 2 N–H and O–H groups in total. The number of esters is 1. The van der Waals surface area contributed by atoms with Gasteiger partial charge in [0, 0.05) is 65.1 Å². The zero-order valence-corrected chi connectivity index (χ0v) is 46.1. The van der Waals surface area contributed by atoms with Gasteiger partial charge in [0.05, 0.1) is 31.0 Å². The van der Waals surface area contributed by atoms with Crippen molar-refractivity contribution in [1.29, 1.82) is 0 Å². The SMILES string of the molecule is CCCOP(C)(=O)O[C@@H]1CCC(C[C@@H](C)C2CC(=O)[C@H](C)C=C(C)[C@@H](O)[C@@H](OC)C(=O)[C@H](C)C[C@H](C)C=CC=CC=C(C)[C@@H](OC)C[C@@H]3CC[C@@H](C)[C@@](O)(O3)C(=O)C(=O)N3CCCCC3C(=O)O2)C[C@H]1OC. The maximum Gasteiger partial charge on any atom is 0.329 e. The van der Waals surface area contributed by atoms with Crippen LogP contribution in [0.5, 0.6) is 0 Å². The fraction of sp³-hybridized carbons (Fsp3) is 0.764. The summed E-state index contributed by atoms with van der Waals surface area (Å²) < 4.78 is 54.4. The molecule has 408 valence electrons. The Kier molecular flexibility index (Phi) is 24.4. The van der Waals surface area contributed by atoms with Crippen molar-refractivity contribution in [1.82, 2.24) is 4.90 Å². The molecular formula is C55H88NO15P. The quantitative estimate of drug-likeness (QED) is 0.0861. The van der Waals surface area contributed by atoms with Crippen LogP contribution < -0.4 is 0 Å². The highest BCUT2D eigenvalue weighted by atomic mass is 31.2. The van der Waals surface area contributed by atoms with Crippen molar-refractivity contribution in [3.05, 3.63) is 47.6 Å². The minimum absolute atomic E-state index is 0.00646. The third-order valence-corrected chi connectivity index (χ3v) is 16.6. The summed E-state index contributed by atoms with van der Waals surface area (Å²) in [5.41, 5.74) is 1.25. The van der Waals surface area contributed by atoms with Crippen molar-refractivity contribution in [2.75, 3.05) is 41.1 Å². The van der Waals surface area contributed by atoms with Gasteiger partial charge in [0.15, 0.2) is 5.78 Å². The lowest BCUT2D eigenvalue weighted by Crippen LogP contribution is -2.61. The van der Waals surface area contributed by atoms with E-state index < -0.39 is 103 Å². The maximum atomic E-state index is 14.5. The first-order valence-corrected chi connectivity index (χ1v) is 28.4. The molecule has 2 bridgehead atoms. The number of aliphatic hydroxyl groups is 2. The Labute approximate surface area is 429 Å². The Morgan fingerprint density at radius 1 is 0.875 bits per heavy atom. The van der Waals surface area contributed by atoms with Crippen molar-refractivity contribution in [3.63, 3.8) is 0 Å². The molecule has 3 fully saturated rings. The van der Waals surface area contributed by atoms with Gasteiger partial charge in [0.1, 0.15) is 30.1 Å². The fourth-order valence-corrected chi connectivity index (χ4v) is 12.1. The van der Waals surface area contributed by atoms with E-state index in [1.807, 2.05) is 65.0 Å². The second-order valence-electron chi connectivity index (χ2n) is 21.3. The van der Waals surface area contributed by atoms with E-state index in [0.29, 0.717) is 82.8 Å². The van der Waals surface area contributed by atoms with E-state index in [0.717, 1.165) is 5.57 Å². The molecule has 0 aromatic carbocycles. The van der Waals surface area contributed by atoms with Crippen molar-refractivity contribution in [2.24, 2.45) is 35.5 Å². The standard InChI is InChI=1S/C55H88NO15P/c1-13-27-68-72(12,64)71-45-25-23-41(31-48(45)66-10)30-37(5)47-33-44(57)36(4)29-39(7)50(59)51(67-11)49(58)38(6)28-34(2)19-15-14-16-20-35(3)46(65-9)32-42-24-22-40(8)55(63,70-42)52(60)53(61)56-26-18-17-21-43(56)54(62)69-47/h14-16,19-20,29,34,36-38,40-43,45-48,50-51,59,63H,13,17-18,21-28,30-33H2,1-12H3/t34-,36-,37-,38-,40-,41?,42+,43?,45-,46+,47?,48-,50-,51+,55-,72?/m1/s1. The minimum Gasteiger partial charge on any atom is -0.460 e. The summed E-state index contributed by atoms with van der Waals surface area (Å²) in [5.74, 6) is -8.26. The van der Waals surface area contributed by atoms with Crippen LogP contribution in [0, 0.1) is 35.5 Å². The van der Waals surface area contributed by atoms with Crippen LogP contribution >= 0.6 is 7.60 Å². The number of cyclic esters (lactones) is 1. The van der Waals surface area contributed by atoms with Gasteiger partial charge in [-0.25, -0.2) is 4.79 Å². The first-order chi connectivity index (χ1) is 34.0. The molecule has 16 nitrogen and oxygen atoms in total. The molecule has 16 atom stereocenters. The van der Waals surface area contributed by atoms with Crippen LogP contribution in [0.1, 0.15) is 139 Å². The Balaban J connectivity index is 1.69. The van der Waals surface area contributed by atoms with Gasteiger partial charge in [0.2, 0.25) is 5.79 Å². The molecule has 0 radical (unpaired) electrons. The van der Waals surface area contributed by atoms with Gasteiger partial charge in [0.25, 0.3) is 11.7 Å². The number of fused-ring (bicyclic) bond motifs is 3. The number of ether oxygens (including phenoxy) is 5. The molecule has 3 heterocycles. The summed E-state index contributed by atoms with van der Waals surface area (Å²) in [6, 6.07) is -1.17. The molecular weight excluding hydrogens is 946 g/mol. The first-order valence-electron chi connectivity index (χ1n) is 26.4. The molecule has 0 aromatic heterocycles. The molecule has 4 rings (SSSR count). The molecule has 0 spiro atoms. The number of carbonyl (C=O) groups is 5.